The van der Waals surface area contributed by atoms with E-state index in [1.807, 2.05) is 41.9 Å². The van der Waals surface area contributed by atoms with Gasteiger partial charge in [0.05, 0.1) is 19.3 Å². The molecule has 0 aliphatic carbocycles. The van der Waals surface area contributed by atoms with Crippen LogP contribution in [-0.4, -0.2) is 80.5 Å². The van der Waals surface area contributed by atoms with Gasteiger partial charge in [0.15, 0.2) is 5.82 Å². The van der Waals surface area contributed by atoms with Gasteiger partial charge in [-0.2, -0.15) is 0 Å². The highest BCUT2D eigenvalue weighted by atomic mass is 16.5. The van der Waals surface area contributed by atoms with Crippen LogP contribution in [0.1, 0.15) is 42.8 Å². The van der Waals surface area contributed by atoms with Crippen LogP contribution < -0.4 is 10.3 Å². The van der Waals surface area contributed by atoms with E-state index in [-0.39, 0.29) is 17.7 Å². The maximum atomic E-state index is 13.6. The third-order valence-corrected chi connectivity index (χ3v) is 7.68. The minimum Gasteiger partial charge on any atom is -0.494 e. The lowest BCUT2D eigenvalue weighted by Crippen LogP contribution is -2.48. The van der Waals surface area contributed by atoms with Crippen molar-refractivity contribution in [1.82, 2.24) is 35.0 Å². The molecule has 0 radical (unpaired) electrons. The Balaban J connectivity index is 1.33. The quantitative estimate of drug-likeness (QED) is 0.353. The van der Waals surface area contributed by atoms with Gasteiger partial charge in [-0.3, -0.25) is 14.6 Å². The fourth-order valence-corrected chi connectivity index (χ4v) is 5.70. The molecule has 2 aliphatic heterocycles. The van der Waals surface area contributed by atoms with Gasteiger partial charge in [-0.15, -0.1) is 5.10 Å². The van der Waals surface area contributed by atoms with Crippen molar-refractivity contribution in [2.45, 2.75) is 45.0 Å². The van der Waals surface area contributed by atoms with E-state index in [4.69, 9.17) is 9.47 Å². The van der Waals surface area contributed by atoms with Crippen LogP contribution in [0.3, 0.4) is 0 Å². The monoisotopic (exact) mass is 529 g/mol. The summed E-state index contributed by atoms with van der Waals surface area (Å²) in [6.45, 7) is 8.15. The fraction of sp³-hybridized carbons (Fsp3) is 0.448. The third kappa shape index (κ3) is 5.73. The Morgan fingerprint density at radius 1 is 1.10 bits per heavy atom. The number of hydrogen-bond acceptors (Lipinski definition) is 8. The average Bonchev–Trinajstić information content (AvgIpc) is 3.64. The molecule has 4 heterocycles. The molecule has 10 nitrogen and oxygen atoms in total. The molecule has 2 unspecified atom stereocenters. The van der Waals surface area contributed by atoms with Crippen LogP contribution in [0.2, 0.25) is 0 Å². The molecule has 2 atom stereocenters. The second-order valence-corrected chi connectivity index (χ2v) is 10.3. The lowest BCUT2D eigenvalue weighted by atomic mass is 10.0. The molecule has 0 saturated carbocycles. The van der Waals surface area contributed by atoms with E-state index in [2.05, 4.69) is 54.6 Å². The summed E-state index contributed by atoms with van der Waals surface area (Å²) in [6.07, 6.45) is 2.11. The lowest BCUT2D eigenvalue weighted by Gasteiger charge is -2.38. The Kier molecular flexibility index (Phi) is 7.67. The highest BCUT2D eigenvalue weighted by molar-refractivity contribution is 5.80. The van der Waals surface area contributed by atoms with Gasteiger partial charge < -0.3 is 14.5 Å². The van der Waals surface area contributed by atoms with Crippen LogP contribution in [-0.2, 0) is 17.8 Å². The Bertz CT molecular complexity index is 1440. The molecule has 2 saturated heterocycles. The van der Waals surface area contributed by atoms with E-state index in [1.165, 1.54) is 5.56 Å². The fourth-order valence-electron chi connectivity index (χ4n) is 5.70. The van der Waals surface area contributed by atoms with Crippen molar-refractivity contribution in [3.63, 3.8) is 0 Å². The molecule has 10 heteroatoms. The number of benzene rings is 2. The van der Waals surface area contributed by atoms with Crippen LogP contribution in [0.5, 0.6) is 5.75 Å². The molecular weight excluding hydrogens is 494 g/mol. The summed E-state index contributed by atoms with van der Waals surface area (Å²) in [5, 5.41) is 13.8. The summed E-state index contributed by atoms with van der Waals surface area (Å²) in [6, 6.07) is 17.9. The molecular formula is C29H35N7O3. The standard InChI is InChI=1S/C29H35N7O3/c1-2-38-23-10-11-26-22(17-23)18-25(29(37)30-26)27(28-31-32-33-36(28)20-24-9-6-16-39-24)35-14-12-34(13-15-35)19-21-7-4-3-5-8-21/h3-5,7-8,10-11,17-18,24,27H,2,6,9,12-16,19-20H2,1H3,(H,30,37). The molecule has 2 fully saturated rings. The highest BCUT2D eigenvalue weighted by Crippen LogP contribution is 2.29. The summed E-state index contributed by atoms with van der Waals surface area (Å²) < 4.78 is 13.4. The minimum atomic E-state index is -0.385. The van der Waals surface area contributed by atoms with Gasteiger partial charge in [-0.05, 0) is 60.0 Å². The second kappa shape index (κ2) is 11.6. The first-order valence-corrected chi connectivity index (χ1v) is 13.9. The Hall–Kier alpha value is -3.60. The molecule has 0 bridgehead atoms. The normalized spacial score (nSPS) is 19.5. The van der Waals surface area contributed by atoms with Gasteiger partial charge in [0, 0.05) is 55.8 Å². The molecule has 2 aliphatic rings. The summed E-state index contributed by atoms with van der Waals surface area (Å²) in [4.78, 5) is 21.4. The topological polar surface area (TPSA) is 101 Å². The molecule has 204 valence electrons. The van der Waals surface area contributed by atoms with Gasteiger partial charge in [-0.25, -0.2) is 4.68 Å². The van der Waals surface area contributed by atoms with Gasteiger partial charge in [0.2, 0.25) is 0 Å². The lowest BCUT2D eigenvalue weighted by molar-refractivity contribution is 0.0840. The number of ether oxygens (including phenoxy) is 2. The first kappa shape index (κ1) is 25.7. The van der Waals surface area contributed by atoms with Crippen molar-refractivity contribution in [2.24, 2.45) is 0 Å². The van der Waals surface area contributed by atoms with E-state index in [9.17, 15) is 4.79 Å². The zero-order valence-corrected chi connectivity index (χ0v) is 22.3. The summed E-state index contributed by atoms with van der Waals surface area (Å²) in [7, 11) is 0. The highest BCUT2D eigenvalue weighted by Gasteiger charge is 2.33. The summed E-state index contributed by atoms with van der Waals surface area (Å²) >= 11 is 0. The van der Waals surface area contributed by atoms with Crippen molar-refractivity contribution in [1.29, 1.82) is 0 Å². The maximum absolute atomic E-state index is 13.6. The zero-order valence-electron chi connectivity index (χ0n) is 22.3. The number of nitrogens with zero attached hydrogens (tertiary/aromatic N) is 6. The molecule has 2 aromatic carbocycles. The van der Waals surface area contributed by atoms with Crippen molar-refractivity contribution >= 4 is 10.9 Å². The number of tetrazole rings is 1. The van der Waals surface area contributed by atoms with E-state index in [1.54, 1.807) is 0 Å². The van der Waals surface area contributed by atoms with Crippen LogP contribution >= 0.6 is 0 Å². The first-order valence-electron chi connectivity index (χ1n) is 13.9. The molecule has 0 amide bonds. The van der Waals surface area contributed by atoms with E-state index in [0.717, 1.165) is 68.8 Å². The molecule has 2 aromatic heterocycles. The molecule has 39 heavy (non-hydrogen) atoms. The van der Waals surface area contributed by atoms with Gasteiger partial charge in [-0.1, -0.05) is 30.3 Å². The molecule has 6 rings (SSSR count). The van der Waals surface area contributed by atoms with Gasteiger partial charge in [0.25, 0.3) is 5.56 Å². The smallest absolute Gasteiger partial charge is 0.253 e. The number of fused-ring (bicyclic) bond motifs is 1. The number of piperazine rings is 1. The third-order valence-electron chi connectivity index (χ3n) is 7.68. The van der Waals surface area contributed by atoms with Crippen LogP contribution in [0.25, 0.3) is 10.9 Å². The van der Waals surface area contributed by atoms with E-state index in [0.29, 0.717) is 24.5 Å². The number of aromatic amines is 1. The minimum absolute atomic E-state index is 0.0826. The number of aromatic nitrogens is 5. The summed E-state index contributed by atoms with van der Waals surface area (Å²) in [5.74, 6) is 1.45. The van der Waals surface area contributed by atoms with Crippen molar-refractivity contribution in [3.8, 4) is 5.75 Å². The van der Waals surface area contributed by atoms with Crippen molar-refractivity contribution in [2.75, 3.05) is 39.4 Å². The predicted molar refractivity (Wildman–Crippen MR) is 148 cm³/mol. The first-order chi connectivity index (χ1) is 19.2. The number of H-pyrrole nitrogens is 1. The number of hydrogen-bond donors (Lipinski definition) is 1. The number of nitrogens with one attached hydrogen (secondary N) is 1. The van der Waals surface area contributed by atoms with Gasteiger partial charge in [0.1, 0.15) is 11.8 Å². The van der Waals surface area contributed by atoms with Crippen LogP contribution in [0.15, 0.2) is 59.4 Å². The van der Waals surface area contributed by atoms with Crippen molar-refractivity contribution in [3.05, 3.63) is 81.9 Å². The average molecular weight is 530 g/mol. The Morgan fingerprint density at radius 2 is 1.95 bits per heavy atom. The Labute approximate surface area is 227 Å². The number of rotatable bonds is 9. The molecule has 1 N–H and O–H groups in total. The second-order valence-electron chi connectivity index (χ2n) is 10.3. The van der Waals surface area contributed by atoms with Crippen molar-refractivity contribution < 1.29 is 9.47 Å². The summed E-state index contributed by atoms with van der Waals surface area (Å²) in [5.41, 5.74) is 2.59. The van der Waals surface area contributed by atoms with E-state index < -0.39 is 0 Å². The molecule has 0 spiro atoms. The zero-order chi connectivity index (χ0) is 26.6. The van der Waals surface area contributed by atoms with Gasteiger partial charge >= 0.3 is 0 Å². The number of pyridine rings is 1. The Morgan fingerprint density at radius 3 is 2.72 bits per heavy atom. The maximum Gasteiger partial charge on any atom is 0.253 e. The molecule has 4 aromatic rings. The van der Waals surface area contributed by atoms with Crippen LogP contribution in [0, 0.1) is 0 Å². The largest absolute Gasteiger partial charge is 0.494 e. The predicted octanol–water partition coefficient (Wildman–Crippen LogP) is 3.00. The SMILES string of the molecule is CCOc1ccc2[nH]c(=O)c(C(c3nnnn3CC3CCCO3)N3CCN(Cc4ccccc4)CC3)cc2c1. The van der Waals surface area contributed by atoms with E-state index >= 15 is 0 Å². The van der Waals surface area contributed by atoms with Crippen LogP contribution in [0.4, 0.5) is 0 Å².